The van der Waals surface area contributed by atoms with Crippen LogP contribution in [-0.2, 0) is 6.54 Å². The number of aromatic nitrogens is 2. The molecule has 7 heteroatoms. The molecule has 1 aliphatic heterocycles. The summed E-state index contributed by atoms with van der Waals surface area (Å²) in [6.45, 7) is 2.38. The van der Waals surface area contributed by atoms with E-state index in [0.717, 1.165) is 37.3 Å². The Morgan fingerprint density at radius 2 is 2.08 bits per heavy atom. The van der Waals surface area contributed by atoms with Crippen molar-refractivity contribution in [1.82, 2.24) is 14.9 Å². The molecule has 1 aliphatic rings. The molecule has 0 spiro atoms. The summed E-state index contributed by atoms with van der Waals surface area (Å²) in [5.41, 5.74) is 0.783. The summed E-state index contributed by atoms with van der Waals surface area (Å²) in [5, 5.41) is 0. The van der Waals surface area contributed by atoms with Crippen LogP contribution in [0.15, 0.2) is 30.6 Å². The molecule has 1 aromatic heterocycles. The number of piperidine rings is 1. The molecule has 25 heavy (non-hydrogen) atoms. The van der Waals surface area contributed by atoms with Crippen LogP contribution in [0.4, 0.5) is 14.6 Å². The van der Waals surface area contributed by atoms with Gasteiger partial charge in [0.05, 0.1) is 7.11 Å². The maximum absolute atomic E-state index is 13.4. The molecule has 0 amide bonds. The van der Waals surface area contributed by atoms with Gasteiger partial charge in [-0.2, -0.15) is 0 Å². The summed E-state index contributed by atoms with van der Waals surface area (Å²) in [5.74, 6) is -0.258. The van der Waals surface area contributed by atoms with E-state index in [4.69, 9.17) is 4.74 Å². The average molecular weight is 348 g/mol. The summed E-state index contributed by atoms with van der Waals surface area (Å²) >= 11 is 0. The van der Waals surface area contributed by atoms with Crippen LogP contribution in [0.25, 0.3) is 0 Å². The highest BCUT2D eigenvalue weighted by atomic mass is 19.2. The number of ether oxygens (including phenoxy) is 1. The molecule has 2 heterocycles. The molecule has 0 bridgehead atoms. The normalized spacial score (nSPS) is 18.2. The van der Waals surface area contributed by atoms with Crippen LogP contribution in [-0.4, -0.2) is 48.2 Å². The molecule has 1 unspecified atom stereocenters. The van der Waals surface area contributed by atoms with Gasteiger partial charge in [0.2, 0.25) is 5.88 Å². The Kier molecular flexibility index (Phi) is 5.43. The minimum Gasteiger partial charge on any atom is -0.481 e. The first-order chi connectivity index (χ1) is 12.1. The smallest absolute Gasteiger partial charge is 0.218 e. The van der Waals surface area contributed by atoms with Gasteiger partial charge in [-0.1, -0.05) is 6.07 Å². The first kappa shape index (κ1) is 17.5. The number of benzene rings is 1. The van der Waals surface area contributed by atoms with Gasteiger partial charge >= 0.3 is 0 Å². The highest BCUT2D eigenvalue weighted by Crippen LogP contribution is 2.23. The van der Waals surface area contributed by atoms with Gasteiger partial charge in [-0.25, -0.2) is 18.7 Å². The zero-order valence-electron chi connectivity index (χ0n) is 14.5. The molecule has 2 aromatic rings. The minimum atomic E-state index is -0.808. The molecule has 1 aromatic carbocycles. The number of likely N-dealkylation sites (N-methyl/N-ethyl adjacent to an activating group) is 1. The maximum atomic E-state index is 13.4. The highest BCUT2D eigenvalue weighted by molar-refractivity contribution is 5.41. The molecule has 0 saturated carbocycles. The Labute approximate surface area is 146 Å². The molecule has 5 nitrogen and oxygen atoms in total. The Morgan fingerprint density at radius 1 is 1.24 bits per heavy atom. The fourth-order valence-corrected chi connectivity index (χ4v) is 3.21. The first-order valence-electron chi connectivity index (χ1n) is 8.32. The second kappa shape index (κ2) is 7.74. The second-order valence-corrected chi connectivity index (χ2v) is 6.31. The molecular formula is C18H22F2N4O. The van der Waals surface area contributed by atoms with Crippen LogP contribution < -0.4 is 9.64 Å². The van der Waals surface area contributed by atoms with E-state index in [2.05, 4.69) is 19.8 Å². The van der Waals surface area contributed by atoms with Crippen LogP contribution in [0.1, 0.15) is 18.4 Å². The molecule has 1 saturated heterocycles. The number of nitrogens with zero attached hydrogens (tertiary/aromatic N) is 4. The average Bonchev–Trinajstić information content (AvgIpc) is 2.64. The minimum absolute atomic E-state index is 0.290. The van der Waals surface area contributed by atoms with Crippen LogP contribution in [0, 0.1) is 11.6 Å². The molecule has 134 valence electrons. The van der Waals surface area contributed by atoms with Crippen molar-refractivity contribution in [2.24, 2.45) is 0 Å². The number of hydrogen-bond acceptors (Lipinski definition) is 5. The van der Waals surface area contributed by atoms with Crippen LogP contribution in [0.5, 0.6) is 5.88 Å². The number of methoxy groups -OCH3 is 1. The Bertz CT molecular complexity index is 728. The van der Waals surface area contributed by atoms with Gasteiger partial charge in [0.1, 0.15) is 12.1 Å². The summed E-state index contributed by atoms with van der Waals surface area (Å²) < 4.78 is 31.6. The quantitative estimate of drug-likeness (QED) is 0.831. The number of anilines is 1. The number of rotatable bonds is 5. The molecule has 0 N–H and O–H groups in total. The third-order valence-corrected chi connectivity index (χ3v) is 4.62. The van der Waals surface area contributed by atoms with E-state index in [-0.39, 0.29) is 0 Å². The number of hydrogen-bond donors (Lipinski definition) is 0. The third kappa shape index (κ3) is 4.22. The zero-order valence-corrected chi connectivity index (χ0v) is 14.5. The molecule has 3 rings (SSSR count). The molecular weight excluding hydrogens is 326 g/mol. The van der Waals surface area contributed by atoms with Crippen molar-refractivity contribution in [3.05, 3.63) is 47.8 Å². The summed E-state index contributed by atoms with van der Waals surface area (Å²) in [6, 6.07) is 6.21. The van der Waals surface area contributed by atoms with E-state index in [1.165, 1.54) is 18.5 Å². The van der Waals surface area contributed by atoms with Gasteiger partial charge in [0, 0.05) is 32.2 Å². The highest BCUT2D eigenvalue weighted by Gasteiger charge is 2.24. The summed E-state index contributed by atoms with van der Waals surface area (Å²) in [4.78, 5) is 12.7. The molecule has 0 aliphatic carbocycles. The van der Waals surface area contributed by atoms with Gasteiger partial charge in [-0.15, -0.1) is 0 Å². The fourth-order valence-electron chi connectivity index (χ4n) is 3.21. The predicted molar refractivity (Wildman–Crippen MR) is 91.6 cm³/mol. The topological polar surface area (TPSA) is 41.5 Å². The predicted octanol–water partition coefficient (Wildman–Crippen LogP) is 2.86. The largest absolute Gasteiger partial charge is 0.481 e. The number of halogens is 2. The van der Waals surface area contributed by atoms with E-state index in [0.29, 0.717) is 18.5 Å². The van der Waals surface area contributed by atoms with Crippen molar-refractivity contribution < 1.29 is 13.5 Å². The van der Waals surface area contributed by atoms with Crippen molar-refractivity contribution >= 4 is 5.82 Å². The van der Waals surface area contributed by atoms with E-state index in [1.807, 2.05) is 13.1 Å². The van der Waals surface area contributed by atoms with E-state index >= 15 is 0 Å². The lowest BCUT2D eigenvalue weighted by Gasteiger charge is -2.38. The van der Waals surface area contributed by atoms with Crippen LogP contribution >= 0.6 is 0 Å². The second-order valence-electron chi connectivity index (χ2n) is 6.31. The summed E-state index contributed by atoms with van der Waals surface area (Å²) in [7, 11) is 3.59. The Balaban J connectivity index is 1.66. The Morgan fingerprint density at radius 3 is 2.84 bits per heavy atom. The van der Waals surface area contributed by atoms with Crippen molar-refractivity contribution in [3.63, 3.8) is 0 Å². The maximum Gasteiger partial charge on any atom is 0.218 e. The van der Waals surface area contributed by atoms with Gasteiger partial charge in [-0.05, 0) is 37.1 Å². The van der Waals surface area contributed by atoms with Gasteiger partial charge in [-0.3, -0.25) is 4.90 Å². The van der Waals surface area contributed by atoms with E-state index in [1.54, 1.807) is 13.2 Å². The van der Waals surface area contributed by atoms with Gasteiger partial charge in [0.25, 0.3) is 0 Å². The van der Waals surface area contributed by atoms with E-state index in [9.17, 15) is 8.78 Å². The van der Waals surface area contributed by atoms with Crippen LogP contribution in [0.3, 0.4) is 0 Å². The SMILES string of the molecule is COc1cc(N(C)C2CCCN(Cc3ccc(F)c(F)c3)C2)ncn1. The van der Waals surface area contributed by atoms with Gasteiger partial charge in [0.15, 0.2) is 11.6 Å². The van der Waals surface area contributed by atoms with Crippen molar-refractivity contribution in [2.75, 3.05) is 32.1 Å². The lowest BCUT2D eigenvalue weighted by atomic mass is 10.0. The third-order valence-electron chi connectivity index (χ3n) is 4.62. The Hall–Kier alpha value is -2.28. The number of likely N-dealkylation sites (tertiary alicyclic amines) is 1. The van der Waals surface area contributed by atoms with Crippen molar-refractivity contribution in [3.8, 4) is 5.88 Å². The van der Waals surface area contributed by atoms with Crippen molar-refractivity contribution in [2.45, 2.75) is 25.4 Å². The summed E-state index contributed by atoms with van der Waals surface area (Å²) in [6.07, 6.45) is 3.59. The fraction of sp³-hybridized carbons (Fsp3) is 0.444. The molecule has 1 atom stereocenters. The first-order valence-corrected chi connectivity index (χ1v) is 8.32. The van der Waals surface area contributed by atoms with Crippen LogP contribution in [0.2, 0.25) is 0 Å². The zero-order chi connectivity index (χ0) is 17.8. The monoisotopic (exact) mass is 348 g/mol. The standard InChI is InChI=1S/C18H22F2N4O/c1-23(17-9-18(25-2)22-12-21-17)14-4-3-7-24(11-14)10-13-5-6-15(19)16(20)8-13/h5-6,8-9,12,14H,3-4,7,10-11H2,1-2H3. The lowest BCUT2D eigenvalue weighted by Crippen LogP contribution is -2.46. The molecule has 0 radical (unpaired) electrons. The van der Waals surface area contributed by atoms with Gasteiger partial charge < -0.3 is 9.64 Å². The van der Waals surface area contributed by atoms with E-state index < -0.39 is 11.6 Å². The van der Waals surface area contributed by atoms with Crippen molar-refractivity contribution in [1.29, 1.82) is 0 Å². The molecule has 1 fully saturated rings. The lowest BCUT2D eigenvalue weighted by molar-refractivity contribution is 0.198.